The summed E-state index contributed by atoms with van der Waals surface area (Å²) in [5.41, 5.74) is 0.650. The minimum Gasteiger partial charge on any atom is -0.456 e. The average molecular weight is 509 g/mol. The van der Waals surface area contributed by atoms with E-state index >= 15 is 0 Å². The number of rotatable bonds is 9. The zero-order valence-electron chi connectivity index (χ0n) is 19.7. The van der Waals surface area contributed by atoms with Gasteiger partial charge in [-0.3, -0.25) is 0 Å². The highest BCUT2D eigenvalue weighted by molar-refractivity contribution is 5.91. The van der Waals surface area contributed by atoms with Crippen LogP contribution in [0.3, 0.4) is 0 Å². The quantitative estimate of drug-likeness (QED) is 0.223. The van der Waals surface area contributed by atoms with Crippen molar-refractivity contribution in [3.63, 3.8) is 0 Å². The first kappa shape index (κ1) is 26.8. The van der Waals surface area contributed by atoms with Crippen LogP contribution in [0.25, 0.3) is 0 Å². The Labute approximate surface area is 205 Å². The maximum absolute atomic E-state index is 13.9. The van der Waals surface area contributed by atoms with Crippen molar-refractivity contribution in [1.29, 1.82) is 0 Å². The van der Waals surface area contributed by atoms with Crippen molar-refractivity contribution in [3.05, 3.63) is 83.7 Å². The van der Waals surface area contributed by atoms with Crippen LogP contribution < -0.4 is 14.4 Å². The van der Waals surface area contributed by atoms with Gasteiger partial charge in [-0.25, -0.2) is 9.18 Å². The normalized spacial score (nSPS) is 11.5. The topological polar surface area (TPSA) is 48.0 Å². The molecule has 0 aromatic heterocycles. The van der Waals surface area contributed by atoms with Crippen LogP contribution in [-0.2, 0) is 11.3 Å². The minimum absolute atomic E-state index is 0.0404. The van der Waals surface area contributed by atoms with Gasteiger partial charge in [-0.15, -0.1) is 0 Å². The Balaban J connectivity index is 2.08. The number of anilines is 2. The SMILES string of the molecule is CC(C)(C)OC(=O)c1cccc(N(Cc2cccc(F)c2)c2ccc(OC(F)F)c(OC(F)F)c2)c1. The molecule has 0 fully saturated rings. The van der Waals surface area contributed by atoms with E-state index in [1.807, 2.05) is 0 Å². The summed E-state index contributed by atoms with van der Waals surface area (Å²) < 4.78 is 79.5. The lowest BCUT2D eigenvalue weighted by Gasteiger charge is -2.27. The van der Waals surface area contributed by atoms with Crippen molar-refractivity contribution < 1.29 is 41.0 Å². The van der Waals surface area contributed by atoms with E-state index in [0.717, 1.165) is 12.1 Å². The molecule has 0 saturated carbocycles. The summed E-state index contributed by atoms with van der Waals surface area (Å²) in [6.45, 7) is -1.36. The Morgan fingerprint density at radius 3 is 2.11 bits per heavy atom. The van der Waals surface area contributed by atoms with E-state index in [1.165, 1.54) is 30.3 Å². The van der Waals surface area contributed by atoms with Gasteiger partial charge in [-0.1, -0.05) is 18.2 Å². The Morgan fingerprint density at radius 2 is 1.47 bits per heavy atom. The van der Waals surface area contributed by atoms with Gasteiger partial charge >= 0.3 is 19.2 Å². The van der Waals surface area contributed by atoms with Crippen molar-refractivity contribution >= 4 is 17.3 Å². The molecule has 3 rings (SSSR count). The maximum atomic E-state index is 13.9. The zero-order chi connectivity index (χ0) is 26.5. The Bertz CT molecular complexity index is 1200. The van der Waals surface area contributed by atoms with Crippen LogP contribution in [0.1, 0.15) is 36.7 Å². The Hall–Kier alpha value is -3.82. The molecular formula is C26H24F5NO4. The number of alkyl halides is 4. The van der Waals surface area contributed by atoms with E-state index in [1.54, 1.807) is 49.9 Å². The maximum Gasteiger partial charge on any atom is 0.387 e. The van der Waals surface area contributed by atoms with Gasteiger partial charge in [-0.05, 0) is 68.8 Å². The van der Waals surface area contributed by atoms with Crippen LogP contribution in [0.5, 0.6) is 11.5 Å². The van der Waals surface area contributed by atoms with Gasteiger partial charge in [0.2, 0.25) is 0 Å². The molecule has 192 valence electrons. The summed E-state index contributed by atoms with van der Waals surface area (Å²) in [5.74, 6) is -2.27. The van der Waals surface area contributed by atoms with Crippen LogP contribution in [0.15, 0.2) is 66.7 Å². The number of ether oxygens (including phenoxy) is 3. The van der Waals surface area contributed by atoms with Gasteiger partial charge in [0.15, 0.2) is 11.5 Å². The summed E-state index contributed by atoms with van der Waals surface area (Å²) >= 11 is 0. The molecule has 0 atom stereocenters. The molecule has 0 amide bonds. The van der Waals surface area contributed by atoms with Gasteiger partial charge in [0, 0.05) is 24.0 Å². The third-order valence-corrected chi connectivity index (χ3v) is 4.69. The molecule has 3 aromatic rings. The van der Waals surface area contributed by atoms with Crippen molar-refractivity contribution in [2.24, 2.45) is 0 Å². The highest BCUT2D eigenvalue weighted by Gasteiger charge is 2.21. The molecule has 0 aliphatic heterocycles. The lowest BCUT2D eigenvalue weighted by atomic mass is 10.1. The summed E-state index contributed by atoms with van der Waals surface area (Å²) in [4.78, 5) is 14.2. The summed E-state index contributed by atoms with van der Waals surface area (Å²) in [5, 5.41) is 0. The molecule has 0 bridgehead atoms. The number of carbonyl (C=O) groups excluding carboxylic acids is 1. The third-order valence-electron chi connectivity index (χ3n) is 4.69. The van der Waals surface area contributed by atoms with Crippen LogP contribution in [-0.4, -0.2) is 24.8 Å². The van der Waals surface area contributed by atoms with Crippen molar-refractivity contribution in [1.82, 2.24) is 0 Å². The molecule has 0 spiro atoms. The van der Waals surface area contributed by atoms with Gasteiger partial charge in [0.25, 0.3) is 0 Å². The number of hydrogen-bond acceptors (Lipinski definition) is 5. The van der Waals surface area contributed by atoms with Crippen LogP contribution in [0.2, 0.25) is 0 Å². The van der Waals surface area contributed by atoms with Crippen LogP contribution >= 0.6 is 0 Å². The lowest BCUT2D eigenvalue weighted by Crippen LogP contribution is -2.24. The zero-order valence-corrected chi connectivity index (χ0v) is 19.7. The molecule has 0 saturated heterocycles. The fourth-order valence-corrected chi connectivity index (χ4v) is 3.33. The fraction of sp³-hybridized carbons (Fsp3) is 0.269. The lowest BCUT2D eigenvalue weighted by molar-refractivity contribution is -0.0692. The standard InChI is InChI=1S/C26H24F5NO4/c1-26(2,3)36-23(33)17-7-5-9-19(13-17)32(15-16-6-4-8-18(27)12-16)20-10-11-21(34-24(28)29)22(14-20)35-25(30)31/h4-14,24-25H,15H2,1-3H3. The molecule has 36 heavy (non-hydrogen) atoms. The minimum atomic E-state index is -3.30. The Morgan fingerprint density at radius 1 is 0.833 bits per heavy atom. The molecule has 3 aromatic carbocycles. The van der Waals surface area contributed by atoms with Gasteiger partial charge < -0.3 is 19.1 Å². The predicted molar refractivity (Wildman–Crippen MR) is 124 cm³/mol. The van der Waals surface area contributed by atoms with Crippen LogP contribution in [0.4, 0.5) is 33.3 Å². The van der Waals surface area contributed by atoms with E-state index in [2.05, 4.69) is 9.47 Å². The molecular weight excluding hydrogens is 485 g/mol. The van der Waals surface area contributed by atoms with Gasteiger partial charge in [0.05, 0.1) is 5.56 Å². The van der Waals surface area contributed by atoms with E-state index in [-0.39, 0.29) is 17.8 Å². The average Bonchev–Trinajstić information content (AvgIpc) is 2.77. The fourth-order valence-electron chi connectivity index (χ4n) is 3.33. The first-order valence-corrected chi connectivity index (χ1v) is 10.8. The molecule has 0 aliphatic carbocycles. The van der Waals surface area contributed by atoms with E-state index in [0.29, 0.717) is 11.3 Å². The summed E-state index contributed by atoms with van der Waals surface area (Å²) in [7, 11) is 0. The number of carbonyl (C=O) groups is 1. The number of nitrogens with zero attached hydrogens (tertiary/aromatic N) is 1. The number of halogens is 5. The first-order chi connectivity index (χ1) is 16.9. The number of hydrogen-bond donors (Lipinski definition) is 0. The second-order valence-electron chi connectivity index (χ2n) is 8.66. The summed E-state index contributed by atoms with van der Waals surface area (Å²) in [6, 6.07) is 15.5. The summed E-state index contributed by atoms with van der Waals surface area (Å²) in [6.07, 6.45) is 0. The van der Waals surface area contributed by atoms with Crippen molar-refractivity contribution in [2.75, 3.05) is 4.90 Å². The molecule has 5 nitrogen and oxygen atoms in total. The van der Waals surface area contributed by atoms with Crippen LogP contribution in [0, 0.1) is 5.82 Å². The molecule has 0 unspecified atom stereocenters. The predicted octanol–water partition coefficient (Wildman–Crippen LogP) is 7.32. The smallest absolute Gasteiger partial charge is 0.387 e. The third kappa shape index (κ3) is 7.59. The molecule has 0 N–H and O–H groups in total. The monoisotopic (exact) mass is 509 g/mol. The second-order valence-corrected chi connectivity index (χ2v) is 8.66. The van der Waals surface area contributed by atoms with E-state index < -0.39 is 42.1 Å². The van der Waals surface area contributed by atoms with Gasteiger partial charge in [0.1, 0.15) is 11.4 Å². The second kappa shape index (κ2) is 11.3. The molecule has 0 radical (unpaired) electrons. The van der Waals surface area contributed by atoms with Gasteiger partial charge in [-0.2, -0.15) is 17.6 Å². The highest BCUT2D eigenvalue weighted by Crippen LogP contribution is 2.37. The van der Waals surface area contributed by atoms with Crippen molar-refractivity contribution in [3.8, 4) is 11.5 Å². The van der Waals surface area contributed by atoms with E-state index in [4.69, 9.17) is 4.74 Å². The first-order valence-electron chi connectivity index (χ1n) is 10.8. The molecule has 10 heteroatoms. The number of esters is 1. The van der Waals surface area contributed by atoms with E-state index in [9.17, 15) is 26.7 Å². The Kier molecular flexibility index (Phi) is 8.39. The van der Waals surface area contributed by atoms with Crippen molar-refractivity contribution in [2.45, 2.75) is 46.1 Å². The molecule has 0 heterocycles. The molecule has 0 aliphatic rings. The largest absolute Gasteiger partial charge is 0.456 e. The highest BCUT2D eigenvalue weighted by atomic mass is 19.3. The number of benzene rings is 3.